The van der Waals surface area contributed by atoms with Crippen LogP contribution in [-0.2, 0) is 11.0 Å². The van der Waals surface area contributed by atoms with Crippen LogP contribution in [0.2, 0.25) is 0 Å². The van der Waals surface area contributed by atoms with Gasteiger partial charge >= 0.3 is 12.1 Å². The van der Waals surface area contributed by atoms with Gasteiger partial charge in [-0.15, -0.1) is 0 Å². The van der Waals surface area contributed by atoms with Gasteiger partial charge in [0, 0.05) is 47.7 Å². The van der Waals surface area contributed by atoms with Crippen LogP contribution in [-0.4, -0.2) is 50.1 Å². The number of amides is 1. The molecule has 0 atom stereocenters. The second-order valence-corrected chi connectivity index (χ2v) is 13.3. The van der Waals surface area contributed by atoms with Gasteiger partial charge in [0.1, 0.15) is 11.3 Å². The quantitative estimate of drug-likeness (QED) is 0.287. The highest BCUT2D eigenvalue weighted by Crippen LogP contribution is 2.58. The zero-order chi connectivity index (χ0) is 31.9. The Morgan fingerprint density at radius 3 is 2.27 bits per heavy atom. The fourth-order valence-corrected chi connectivity index (χ4v) is 8.83. The summed E-state index contributed by atoms with van der Waals surface area (Å²) in [5.74, 6) is -5.00. The topological polar surface area (TPSA) is 106 Å². The Kier molecular flexibility index (Phi) is 6.90. The summed E-state index contributed by atoms with van der Waals surface area (Å²) in [7, 11) is 1.44. The van der Waals surface area contributed by atoms with Crippen molar-refractivity contribution in [2.45, 2.75) is 81.5 Å². The van der Waals surface area contributed by atoms with Gasteiger partial charge in [-0.05, 0) is 86.8 Å². The molecular weight excluding hydrogens is 599 g/mol. The highest BCUT2D eigenvalue weighted by molar-refractivity contribution is 6.00. The number of aliphatic carboxylic acids is 1. The summed E-state index contributed by atoms with van der Waals surface area (Å²) in [4.78, 5) is 34.4. The first-order chi connectivity index (χ1) is 21.3. The molecule has 0 unspecified atom stereocenters. The molecule has 5 saturated carbocycles. The van der Waals surface area contributed by atoms with Gasteiger partial charge in [-0.3, -0.25) is 4.79 Å². The van der Waals surface area contributed by atoms with Crippen molar-refractivity contribution in [3.8, 4) is 17.1 Å². The molecule has 1 amide bonds. The molecule has 3 aromatic rings. The molecule has 2 aromatic heterocycles. The van der Waals surface area contributed by atoms with E-state index < -0.39 is 40.8 Å². The van der Waals surface area contributed by atoms with Crippen molar-refractivity contribution in [2.24, 2.45) is 23.7 Å². The van der Waals surface area contributed by atoms with E-state index in [9.17, 15) is 36.6 Å². The number of hydrogen-bond donors (Lipinski definition) is 2. The second kappa shape index (κ2) is 10.4. The monoisotopic (exact) mass is 632 g/mol. The molecule has 240 valence electrons. The minimum atomic E-state index is -5.06. The molecule has 0 radical (unpaired) electrons. The first-order valence-electron chi connectivity index (χ1n) is 15.4. The van der Waals surface area contributed by atoms with E-state index in [1.165, 1.54) is 7.11 Å². The first kappa shape index (κ1) is 29.9. The lowest BCUT2D eigenvalue weighted by atomic mass is 9.48. The van der Waals surface area contributed by atoms with Gasteiger partial charge in [0.15, 0.2) is 11.5 Å². The van der Waals surface area contributed by atoms with Gasteiger partial charge < -0.3 is 19.7 Å². The van der Waals surface area contributed by atoms with Crippen LogP contribution in [0.4, 0.5) is 22.0 Å². The molecule has 45 heavy (non-hydrogen) atoms. The molecule has 2 heterocycles. The standard InChI is InChI=1S/C32H33F5N4O4/c1-45-21-2-3-25-22(13-21)24(15-41(25)20-4-6-30(33,34)7-5-20)27-38-14-23(26(39-27)32(35,36)37)28(42)40-31(29(43)44)18-9-16-8-17(11-18)12-19(31)10-16/h2-3,13-20H,4-12H2,1H3,(H,40,42)(H,43,44). The first-order valence-corrected chi connectivity index (χ1v) is 15.4. The number of nitrogens with one attached hydrogen (secondary N) is 1. The van der Waals surface area contributed by atoms with E-state index in [4.69, 9.17) is 4.74 Å². The smallest absolute Gasteiger partial charge is 0.434 e. The largest absolute Gasteiger partial charge is 0.497 e. The third-order valence-corrected chi connectivity index (χ3v) is 10.8. The van der Waals surface area contributed by atoms with Gasteiger partial charge in [0.05, 0.1) is 12.7 Å². The normalized spacial score (nSPS) is 29.2. The van der Waals surface area contributed by atoms with E-state index in [-0.39, 0.29) is 54.9 Å². The number of nitrogens with zero attached hydrogens (tertiary/aromatic N) is 3. The maximum absolute atomic E-state index is 14.5. The minimum absolute atomic E-state index is 0.185. The molecule has 0 aliphatic heterocycles. The molecule has 0 spiro atoms. The lowest BCUT2D eigenvalue weighted by Gasteiger charge is -2.59. The van der Waals surface area contributed by atoms with Crippen LogP contribution in [0.3, 0.4) is 0 Å². The van der Waals surface area contributed by atoms with Gasteiger partial charge in [-0.2, -0.15) is 13.2 Å². The van der Waals surface area contributed by atoms with E-state index in [1.54, 1.807) is 29.0 Å². The van der Waals surface area contributed by atoms with E-state index in [1.807, 2.05) is 0 Å². The molecule has 4 bridgehead atoms. The van der Waals surface area contributed by atoms with E-state index >= 15 is 0 Å². The van der Waals surface area contributed by atoms with Gasteiger partial charge in [-0.1, -0.05) is 0 Å². The molecule has 0 saturated heterocycles. The number of hydrogen-bond acceptors (Lipinski definition) is 5. The van der Waals surface area contributed by atoms with Crippen molar-refractivity contribution >= 4 is 22.8 Å². The summed E-state index contributed by atoms with van der Waals surface area (Å²) in [5, 5.41) is 13.4. The maximum Gasteiger partial charge on any atom is 0.434 e. The molecule has 8 nitrogen and oxygen atoms in total. The summed E-state index contributed by atoms with van der Waals surface area (Å²) in [5.41, 5.74) is -3.15. The summed E-state index contributed by atoms with van der Waals surface area (Å²) in [6.45, 7) is 0. The Morgan fingerprint density at radius 2 is 1.69 bits per heavy atom. The van der Waals surface area contributed by atoms with Crippen molar-refractivity contribution in [3.05, 3.63) is 41.9 Å². The average Bonchev–Trinajstić information content (AvgIpc) is 3.36. The number of ether oxygens (including phenoxy) is 1. The molecule has 2 N–H and O–H groups in total. The van der Waals surface area contributed by atoms with Crippen LogP contribution in [0.15, 0.2) is 30.6 Å². The lowest BCUT2D eigenvalue weighted by molar-refractivity contribution is -0.163. The Balaban J connectivity index is 1.28. The number of rotatable bonds is 6. The molecule has 13 heteroatoms. The molecule has 1 aromatic carbocycles. The maximum atomic E-state index is 14.5. The number of alkyl halides is 5. The second-order valence-electron chi connectivity index (χ2n) is 13.3. The minimum Gasteiger partial charge on any atom is -0.497 e. The Bertz CT molecular complexity index is 1650. The van der Waals surface area contributed by atoms with Crippen LogP contribution >= 0.6 is 0 Å². The Morgan fingerprint density at radius 1 is 1.04 bits per heavy atom. The summed E-state index contributed by atoms with van der Waals surface area (Å²) in [6, 6.07) is 4.71. The third kappa shape index (κ3) is 4.93. The van der Waals surface area contributed by atoms with E-state index in [0.717, 1.165) is 12.6 Å². The van der Waals surface area contributed by atoms with Crippen molar-refractivity contribution in [2.75, 3.05) is 7.11 Å². The van der Waals surface area contributed by atoms with Gasteiger partial charge in [0.25, 0.3) is 5.91 Å². The van der Waals surface area contributed by atoms with Crippen LogP contribution < -0.4 is 10.1 Å². The number of aromatic nitrogens is 3. The highest BCUT2D eigenvalue weighted by atomic mass is 19.4. The molecule has 5 aliphatic carbocycles. The van der Waals surface area contributed by atoms with Crippen molar-refractivity contribution in [1.29, 1.82) is 0 Å². The molecular formula is C32H33F5N4O4. The fourth-order valence-electron chi connectivity index (χ4n) is 8.83. The summed E-state index contributed by atoms with van der Waals surface area (Å²) >= 11 is 0. The highest BCUT2D eigenvalue weighted by Gasteiger charge is 2.62. The van der Waals surface area contributed by atoms with Gasteiger partial charge in [-0.25, -0.2) is 23.5 Å². The molecule has 5 aliphatic rings. The number of carbonyl (C=O) groups excluding carboxylic acids is 1. The fraction of sp³-hybridized carbons (Fsp3) is 0.562. The van der Waals surface area contributed by atoms with E-state index in [0.29, 0.717) is 54.2 Å². The van der Waals surface area contributed by atoms with Gasteiger partial charge in [0.2, 0.25) is 5.92 Å². The number of halogens is 5. The molecule has 5 fully saturated rings. The summed E-state index contributed by atoms with van der Waals surface area (Å²) in [6.07, 6.45) is 0.578. The van der Waals surface area contributed by atoms with Crippen molar-refractivity contribution in [1.82, 2.24) is 19.9 Å². The zero-order valence-electron chi connectivity index (χ0n) is 24.5. The van der Waals surface area contributed by atoms with Crippen LogP contribution in [0.1, 0.15) is 79.9 Å². The van der Waals surface area contributed by atoms with Crippen LogP contribution in [0, 0.1) is 23.7 Å². The predicted molar refractivity (Wildman–Crippen MR) is 152 cm³/mol. The van der Waals surface area contributed by atoms with Crippen molar-refractivity contribution in [3.63, 3.8) is 0 Å². The number of carbonyl (C=O) groups is 2. The average molecular weight is 633 g/mol. The van der Waals surface area contributed by atoms with Crippen molar-refractivity contribution < 1.29 is 41.4 Å². The SMILES string of the molecule is COc1ccc2c(c1)c(-c1ncc(C(=O)NC3(C(=O)O)C4CC5CC(C4)CC3C5)c(C(F)(F)F)n1)cn2C1CCC(F)(F)CC1. The van der Waals surface area contributed by atoms with E-state index in [2.05, 4.69) is 15.3 Å². The molecule has 8 rings (SSSR count). The van der Waals surface area contributed by atoms with Crippen LogP contribution in [0.5, 0.6) is 5.75 Å². The number of carboxylic acid groups (broad SMARTS) is 1. The zero-order valence-corrected chi connectivity index (χ0v) is 24.5. The lowest BCUT2D eigenvalue weighted by Crippen LogP contribution is -2.70. The number of benzene rings is 1. The Hall–Kier alpha value is -3.77. The Labute approximate surface area is 255 Å². The number of methoxy groups -OCH3 is 1. The number of carboxylic acids is 1. The number of fused-ring (bicyclic) bond motifs is 1. The summed E-state index contributed by atoms with van der Waals surface area (Å²) < 4.78 is 78.6. The van der Waals surface area contributed by atoms with Crippen LogP contribution in [0.25, 0.3) is 22.3 Å². The predicted octanol–water partition coefficient (Wildman–Crippen LogP) is 6.89. The third-order valence-electron chi connectivity index (χ3n) is 10.8.